The lowest BCUT2D eigenvalue weighted by Gasteiger charge is -2.27. The van der Waals surface area contributed by atoms with Crippen LogP contribution < -0.4 is 14.9 Å². The topological polar surface area (TPSA) is 107 Å². The van der Waals surface area contributed by atoms with Crippen LogP contribution in [0.1, 0.15) is 17.5 Å². The molecule has 1 heterocycles. The molecule has 1 aliphatic heterocycles. The summed E-state index contributed by atoms with van der Waals surface area (Å²) >= 11 is 0. The lowest BCUT2D eigenvalue weighted by Crippen LogP contribution is -2.29. The maximum absolute atomic E-state index is 13.3. The summed E-state index contributed by atoms with van der Waals surface area (Å²) in [5.41, 5.74) is 1.80. The molecule has 36 heavy (non-hydrogen) atoms. The van der Waals surface area contributed by atoms with Crippen molar-refractivity contribution in [2.24, 2.45) is 0 Å². The molecule has 0 spiro atoms. The first-order valence-electron chi connectivity index (χ1n) is 11.5. The van der Waals surface area contributed by atoms with Crippen molar-refractivity contribution in [3.8, 4) is 11.5 Å². The molecule has 0 amide bonds. The van der Waals surface area contributed by atoms with Crippen molar-refractivity contribution < 1.29 is 38.0 Å². The molecule has 9 nitrogen and oxygen atoms in total. The van der Waals surface area contributed by atoms with Crippen molar-refractivity contribution in [1.82, 2.24) is 0 Å². The molecule has 0 aromatic heterocycles. The predicted octanol–water partition coefficient (Wildman–Crippen LogP) is 2.65. The number of benzene rings is 1. The number of fused-ring (bicyclic) bond motifs is 2. The Morgan fingerprint density at radius 2 is 1.83 bits per heavy atom. The minimum atomic E-state index is -0.438. The average Bonchev–Trinajstić information content (AvgIpc) is 3.18. The second kappa shape index (κ2) is 10.8. The first-order chi connectivity index (χ1) is 17.4. The van der Waals surface area contributed by atoms with E-state index in [1.165, 1.54) is 27.4 Å². The molecule has 2 aromatic rings. The van der Waals surface area contributed by atoms with Gasteiger partial charge >= 0.3 is 11.9 Å². The first kappa shape index (κ1) is 25.2. The third-order valence-corrected chi connectivity index (χ3v) is 6.28. The third-order valence-electron chi connectivity index (χ3n) is 6.28. The highest BCUT2D eigenvalue weighted by molar-refractivity contribution is 5.91. The molecule has 0 saturated carbocycles. The molecule has 0 radical (unpaired) electrons. The van der Waals surface area contributed by atoms with Crippen molar-refractivity contribution in [3.63, 3.8) is 0 Å². The van der Waals surface area contributed by atoms with Crippen LogP contribution in [0.3, 0.4) is 0 Å². The van der Waals surface area contributed by atoms with Crippen LogP contribution in [0.5, 0.6) is 11.5 Å². The van der Waals surface area contributed by atoms with Crippen molar-refractivity contribution in [2.75, 3.05) is 35.0 Å². The monoisotopic (exact) mass is 496 g/mol. The van der Waals surface area contributed by atoms with E-state index in [-0.39, 0.29) is 35.8 Å². The van der Waals surface area contributed by atoms with Gasteiger partial charge in [-0.2, -0.15) is 0 Å². The number of carbonyl (C=O) groups is 2. The number of hydrogen-bond acceptors (Lipinski definition) is 9. The molecular formula is C27H28O9. The number of esters is 2. The van der Waals surface area contributed by atoms with Gasteiger partial charge < -0.3 is 28.4 Å². The zero-order valence-electron chi connectivity index (χ0n) is 20.6. The Labute approximate surface area is 208 Å². The van der Waals surface area contributed by atoms with Crippen molar-refractivity contribution in [1.29, 1.82) is 0 Å². The number of rotatable bonds is 9. The van der Waals surface area contributed by atoms with Gasteiger partial charge in [0.05, 0.1) is 46.9 Å². The minimum Gasteiger partial charge on any atom is -0.498 e. The SMILES string of the molecule is COC(=O)Cc1ccc2cc(CCOC3CC4OC(=O)C=C4C=C3OC)cc(OC)c(=O)c2c1OC. The molecule has 0 N–H and O–H groups in total. The Balaban J connectivity index is 1.60. The molecule has 0 saturated heterocycles. The summed E-state index contributed by atoms with van der Waals surface area (Å²) < 4.78 is 32.6. The average molecular weight is 497 g/mol. The second-order valence-electron chi connectivity index (χ2n) is 8.40. The van der Waals surface area contributed by atoms with Gasteiger partial charge in [-0.1, -0.05) is 18.2 Å². The van der Waals surface area contributed by atoms with Crippen LogP contribution in [0, 0.1) is 0 Å². The van der Waals surface area contributed by atoms with Crippen LogP contribution in [-0.4, -0.2) is 59.2 Å². The summed E-state index contributed by atoms with van der Waals surface area (Å²) in [5, 5.41) is 0.966. The molecule has 190 valence electrons. The van der Waals surface area contributed by atoms with Crippen LogP contribution in [-0.2, 0) is 41.4 Å². The number of ether oxygens (including phenoxy) is 6. The van der Waals surface area contributed by atoms with Gasteiger partial charge in [0, 0.05) is 23.6 Å². The van der Waals surface area contributed by atoms with E-state index in [2.05, 4.69) is 0 Å². The smallest absolute Gasteiger partial charge is 0.331 e. The highest BCUT2D eigenvalue weighted by Crippen LogP contribution is 2.32. The van der Waals surface area contributed by atoms with Crippen LogP contribution in [0.4, 0.5) is 0 Å². The Hall–Kier alpha value is -3.85. The van der Waals surface area contributed by atoms with E-state index in [1.807, 2.05) is 6.07 Å². The molecule has 0 bridgehead atoms. The normalized spacial score (nSPS) is 18.6. The van der Waals surface area contributed by atoms with Gasteiger partial charge in [0.25, 0.3) is 0 Å². The zero-order chi connectivity index (χ0) is 25.8. The van der Waals surface area contributed by atoms with Gasteiger partial charge in [0.1, 0.15) is 23.7 Å². The number of carbonyl (C=O) groups excluding carboxylic acids is 2. The van der Waals surface area contributed by atoms with Crippen molar-refractivity contribution in [2.45, 2.75) is 31.5 Å². The van der Waals surface area contributed by atoms with Gasteiger partial charge in [-0.15, -0.1) is 0 Å². The van der Waals surface area contributed by atoms with Gasteiger partial charge in [-0.05, 0) is 29.5 Å². The maximum Gasteiger partial charge on any atom is 0.331 e. The summed E-state index contributed by atoms with van der Waals surface area (Å²) in [6, 6.07) is 7.08. The molecule has 2 aromatic carbocycles. The van der Waals surface area contributed by atoms with Gasteiger partial charge in [-0.25, -0.2) is 4.79 Å². The Kier molecular flexibility index (Phi) is 7.59. The van der Waals surface area contributed by atoms with E-state index in [0.29, 0.717) is 47.3 Å². The van der Waals surface area contributed by atoms with E-state index < -0.39 is 5.97 Å². The number of methoxy groups -OCH3 is 4. The molecule has 2 aliphatic rings. The Morgan fingerprint density at radius 1 is 1.03 bits per heavy atom. The fourth-order valence-electron chi connectivity index (χ4n) is 4.51. The third kappa shape index (κ3) is 5.06. The van der Waals surface area contributed by atoms with Crippen LogP contribution >= 0.6 is 0 Å². The van der Waals surface area contributed by atoms with Crippen molar-refractivity contribution in [3.05, 3.63) is 69.1 Å². The fourth-order valence-corrected chi connectivity index (χ4v) is 4.51. The second-order valence-corrected chi connectivity index (χ2v) is 8.40. The van der Waals surface area contributed by atoms with E-state index in [0.717, 1.165) is 11.1 Å². The molecule has 1 aliphatic carbocycles. The number of hydrogen-bond donors (Lipinski definition) is 0. The first-order valence-corrected chi connectivity index (χ1v) is 11.5. The summed E-state index contributed by atoms with van der Waals surface area (Å²) in [5.74, 6) is 0.286. The summed E-state index contributed by atoms with van der Waals surface area (Å²) in [6.45, 7) is 0.325. The van der Waals surface area contributed by atoms with E-state index in [1.54, 1.807) is 31.4 Å². The summed E-state index contributed by atoms with van der Waals surface area (Å²) in [4.78, 5) is 36.7. The van der Waals surface area contributed by atoms with Crippen molar-refractivity contribution >= 4 is 22.7 Å². The molecule has 9 heteroatoms. The molecule has 4 rings (SSSR count). The molecule has 2 unspecified atom stereocenters. The lowest BCUT2D eigenvalue weighted by atomic mass is 9.96. The van der Waals surface area contributed by atoms with Gasteiger partial charge in [0.2, 0.25) is 5.43 Å². The summed E-state index contributed by atoms with van der Waals surface area (Å²) in [6.07, 6.45) is 3.46. The quantitative estimate of drug-likeness (QED) is 0.484. The molecular weight excluding hydrogens is 468 g/mol. The van der Waals surface area contributed by atoms with Gasteiger partial charge in [0.15, 0.2) is 5.75 Å². The molecule has 0 fully saturated rings. The Morgan fingerprint density at radius 3 is 2.53 bits per heavy atom. The highest BCUT2D eigenvalue weighted by atomic mass is 16.6. The maximum atomic E-state index is 13.3. The van der Waals surface area contributed by atoms with E-state index in [4.69, 9.17) is 28.4 Å². The predicted molar refractivity (Wildman–Crippen MR) is 130 cm³/mol. The highest BCUT2D eigenvalue weighted by Gasteiger charge is 2.35. The fraction of sp³-hybridized carbons (Fsp3) is 0.370. The Bertz CT molecular complexity index is 1310. The standard InChI is InChI=1S/C27H28O9/c1-31-20-11-18-13-24(29)36-19(18)14-21(20)35-8-7-15-9-16-5-6-17(12-23(28)33-3)27(34-4)25(16)26(30)22(10-15)32-2/h5-6,9-11,13,19,21H,7-8,12,14H2,1-4H3. The largest absolute Gasteiger partial charge is 0.498 e. The van der Waals surface area contributed by atoms with E-state index in [9.17, 15) is 14.4 Å². The van der Waals surface area contributed by atoms with Crippen LogP contribution in [0.15, 0.2) is 52.5 Å². The zero-order valence-corrected chi connectivity index (χ0v) is 20.6. The summed E-state index contributed by atoms with van der Waals surface area (Å²) in [7, 11) is 5.75. The minimum absolute atomic E-state index is 0.0272. The van der Waals surface area contributed by atoms with E-state index >= 15 is 0 Å². The lowest BCUT2D eigenvalue weighted by molar-refractivity contribution is -0.141. The molecule has 2 atom stereocenters. The van der Waals surface area contributed by atoms with Gasteiger partial charge in [-0.3, -0.25) is 9.59 Å². The van der Waals surface area contributed by atoms with Crippen LogP contribution in [0.2, 0.25) is 0 Å². The van der Waals surface area contributed by atoms with Crippen LogP contribution in [0.25, 0.3) is 10.8 Å².